The van der Waals surface area contributed by atoms with Crippen molar-refractivity contribution in [1.82, 2.24) is 5.59 Å². The number of carbonyl (C=O) groups is 1. The van der Waals surface area contributed by atoms with Crippen LogP contribution >= 0.6 is 0 Å². The van der Waals surface area contributed by atoms with Gasteiger partial charge in [0.15, 0.2) is 0 Å². The molecule has 3 N–H and O–H groups in total. The van der Waals surface area contributed by atoms with Gasteiger partial charge >= 0.3 is 5.97 Å². The molecular weight excluding hydrogens is 215 g/mol. The fraction of sp³-hybridized carbons (Fsp3) is 0.300. The summed E-state index contributed by atoms with van der Waals surface area (Å²) in [6, 6.07) is 4.16. The number of benzene rings is 1. The molecule has 0 aromatic heterocycles. The third-order valence-electron chi connectivity index (χ3n) is 1.87. The van der Waals surface area contributed by atoms with E-state index in [4.69, 9.17) is 10.6 Å². The van der Waals surface area contributed by atoms with E-state index in [1.807, 2.05) is 0 Å². The van der Waals surface area contributed by atoms with E-state index in [-0.39, 0.29) is 18.8 Å². The summed E-state index contributed by atoms with van der Waals surface area (Å²) >= 11 is 0. The number of rotatable bonds is 5. The van der Waals surface area contributed by atoms with E-state index in [1.165, 1.54) is 18.2 Å². The smallest absolute Gasteiger partial charge is 0.329 e. The van der Waals surface area contributed by atoms with Crippen molar-refractivity contribution in [3.05, 3.63) is 29.6 Å². The molecule has 1 aromatic carbocycles. The van der Waals surface area contributed by atoms with Crippen LogP contribution in [-0.2, 0) is 9.63 Å². The van der Waals surface area contributed by atoms with Crippen LogP contribution in [0.1, 0.15) is 12.0 Å². The third kappa shape index (κ3) is 3.84. The standard InChI is InChI=1S/C10H13FN2O3/c1-7-6-8(11)2-3-9(7)15-5-4-10(14)16-13-12/h2-3,6,13H,4-5,12H2,1H3. The van der Waals surface area contributed by atoms with Gasteiger partial charge < -0.3 is 9.57 Å². The highest BCUT2D eigenvalue weighted by Gasteiger charge is 2.04. The highest BCUT2D eigenvalue weighted by molar-refractivity contribution is 5.69. The first-order chi connectivity index (χ1) is 7.63. The molecule has 0 aliphatic heterocycles. The maximum Gasteiger partial charge on any atom is 0.329 e. The normalized spacial score (nSPS) is 9.94. The molecule has 1 aromatic rings. The average molecular weight is 228 g/mol. The van der Waals surface area contributed by atoms with Crippen molar-refractivity contribution in [2.45, 2.75) is 13.3 Å². The number of nitrogens with two attached hydrogens (primary N) is 1. The summed E-state index contributed by atoms with van der Waals surface area (Å²) in [6.07, 6.45) is 0.0566. The Labute approximate surface area is 92.3 Å². The van der Waals surface area contributed by atoms with E-state index in [9.17, 15) is 9.18 Å². The Morgan fingerprint density at radius 3 is 2.94 bits per heavy atom. The lowest BCUT2D eigenvalue weighted by atomic mass is 10.2. The first-order valence-corrected chi connectivity index (χ1v) is 4.67. The number of nitrogens with one attached hydrogen (secondary N) is 1. The molecule has 0 fully saturated rings. The predicted molar refractivity (Wildman–Crippen MR) is 54.7 cm³/mol. The van der Waals surface area contributed by atoms with Crippen molar-refractivity contribution in [3.63, 3.8) is 0 Å². The first-order valence-electron chi connectivity index (χ1n) is 4.67. The molecule has 0 spiro atoms. The second kappa shape index (κ2) is 6.04. The molecular formula is C10H13FN2O3. The largest absolute Gasteiger partial charge is 0.493 e. The van der Waals surface area contributed by atoms with Crippen molar-refractivity contribution in [2.24, 2.45) is 5.84 Å². The van der Waals surface area contributed by atoms with Gasteiger partial charge in [0.05, 0.1) is 13.0 Å². The molecule has 5 nitrogen and oxygen atoms in total. The lowest BCUT2D eigenvalue weighted by molar-refractivity contribution is -0.151. The molecule has 0 amide bonds. The zero-order chi connectivity index (χ0) is 12.0. The van der Waals surface area contributed by atoms with Crippen LogP contribution in [0.5, 0.6) is 5.75 Å². The Morgan fingerprint density at radius 2 is 2.31 bits per heavy atom. The van der Waals surface area contributed by atoms with Crippen LogP contribution in [0.2, 0.25) is 0 Å². The van der Waals surface area contributed by atoms with Gasteiger partial charge in [0.1, 0.15) is 11.6 Å². The number of carbonyl (C=O) groups excluding carboxylic acids is 1. The Bertz CT molecular complexity index is 371. The summed E-state index contributed by atoms with van der Waals surface area (Å²) in [5.41, 5.74) is 2.45. The molecule has 0 atom stereocenters. The van der Waals surface area contributed by atoms with Crippen molar-refractivity contribution in [3.8, 4) is 5.75 Å². The number of ether oxygens (including phenoxy) is 1. The van der Waals surface area contributed by atoms with Gasteiger partial charge in [-0.25, -0.2) is 10.2 Å². The quantitative estimate of drug-likeness (QED) is 0.576. The molecule has 0 unspecified atom stereocenters. The highest BCUT2D eigenvalue weighted by atomic mass is 19.1. The predicted octanol–water partition coefficient (Wildman–Crippen LogP) is 0.825. The van der Waals surface area contributed by atoms with Crippen molar-refractivity contribution in [2.75, 3.05) is 6.61 Å². The average Bonchev–Trinajstić information content (AvgIpc) is 2.22. The molecule has 0 aliphatic carbocycles. The highest BCUT2D eigenvalue weighted by Crippen LogP contribution is 2.18. The Morgan fingerprint density at radius 1 is 1.56 bits per heavy atom. The molecule has 0 bridgehead atoms. The summed E-state index contributed by atoms with van der Waals surface area (Å²) in [7, 11) is 0. The Kier molecular flexibility index (Phi) is 4.68. The van der Waals surface area contributed by atoms with Crippen LogP contribution in [-0.4, -0.2) is 12.6 Å². The van der Waals surface area contributed by atoms with Crippen molar-refractivity contribution < 1.29 is 18.8 Å². The van der Waals surface area contributed by atoms with Gasteiger partial charge in [0.25, 0.3) is 0 Å². The molecule has 16 heavy (non-hydrogen) atoms. The maximum atomic E-state index is 12.7. The van der Waals surface area contributed by atoms with E-state index >= 15 is 0 Å². The second-order valence-corrected chi connectivity index (χ2v) is 3.10. The van der Waals surface area contributed by atoms with Gasteiger partial charge in [-0.2, -0.15) is 0 Å². The summed E-state index contributed by atoms with van der Waals surface area (Å²) in [5.74, 6) is 4.47. The monoisotopic (exact) mass is 228 g/mol. The zero-order valence-corrected chi connectivity index (χ0v) is 8.83. The van der Waals surface area contributed by atoms with Gasteiger partial charge in [-0.05, 0) is 30.7 Å². The van der Waals surface area contributed by atoms with E-state index in [2.05, 4.69) is 4.84 Å². The van der Waals surface area contributed by atoms with Crippen LogP contribution in [0.25, 0.3) is 0 Å². The molecule has 1 rings (SSSR count). The molecule has 0 aliphatic rings. The topological polar surface area (TPSA) is 73.6 Å². The van der Waals surface area contributed by atoms with E-state index in [0.29, 0.717) is 11.3 Å². The van der Waals surface area contributed by atoms with Gasteiger partial charge in [-0.15, -0.1) is 0 Å². The molecule has 88 valence electrons. The lowest BCUT2D eigenvalue weighted by Gasteiger charge is -2.08. The third-order valence-corrected chi connectivity index (χ3v) is 1.87. The lowest BCUT2D eigenvalue weighted by Crippen LogP contribution is -2.27. The van der Waals surface area contributed by atoms with Crippen molar-refractivity contribution in [1.29, 1.82) is 0 Å². The molecule has 6 heteroatoms. The van der Waals surface area contributed by atoms with E-state index < -0.39 is 5.97 Å². The zero-order valence-electron chi connectivity index (χ0n) is 8.83. The SMILES string of the molecule is Cc1cc(F)ccc1OCCC(=O)ONN. The van der Waals surface area contributed by atoms with Crippen LogP contribution in [0, 0.1) is 12.7 Å². The minimum atomic E-state index is -0.526. The van der Waals surface area contributed by atoms with Crippen LogP contribution in [0.15, 0.2) is 18.2 Å². The number of halogens is 1. The Hall–Kier alpha value is -1.66. The summed E-state index contributed by atoms with van der Waals surface area (Å²) in [5, 5.41) is 0. The summed E-state index contributed by atoms with van der Waals surface area (Å²) in [6.45, 7) is 1.87. The second-order valence-electron chi connectivity index (χ2n) is 3.10. The summed E-state index contributed by atoms with van der Waals surface area (Å²) in [4.78, 5) is 15.1. The Balaban J connectivity index is 2.40. The maximum absolute atomic E-state index is 12.7. The molecule has 0 saturated heterocycles. The number of aryl methyl sites for hydroxylation is 1. The van der Waals surface area contributed by atoms with Gasteiger partial charge in [-0.3, -0.25) is 4.79 Å². The fourth-order valence-electron chi connectivity index (χ4n) is 1.14. The molecule has 0 saturated carbocycles. The van der Waals surface area contributed by atoms with Gasteiger partial charge in [0.2, 0.25) is 0 Å². The number of hydrogen-bond acceptors (Lipinski definition) is 5. The van der Waals surface area contributed by atoms with Gasteiger partial charge in [0, 0.05) is 0 Å². The van der Waals surface area contributed by atoms with E-state index in [1.54, 1.807) is 12.5 Å². The van der Waals surface area contributed by atoms with Crippen LogP contribution < -0.4 is 16.2 Å². The molecule has 0 heterocycles. The van der Waals surface area contributed by atoms with E-state index in [0.717, 1.165) is 0 Å². The fourth-order valence-corrected chi connectivity index (χ4v) is 1.14. The van der Waals surface area contributed by atoms with Crippen molar-refractivity contribution >= 4 is 5.97 Å². The number of hydrazine groups is 1. The minimum Gasteiger partial charge on any atom is -0.493 e. The van der Waals surface area contributed by atoms with Crippen LogP contribution in [0.3, 0.4) is 0 Å². The molecule has 0 radical (unpaired) electrons. The minimum absolute atomic E-state index is 0.0566. The summed E-state index contributed by atoms with van der Waals surface area (Å²) < 4.78 is 18.0. The van der Waals surface area contributed by atoms with Gasteiger partial charge in [-0.1, -0.05) is 5.59 Å². The van der Waals surface area contributed by atoms with Crippen LogP contribution in [0.4, 0.5) is 4.39 Å². The first kappa shape index (κ1) is 12.4. The number of hydrogen-bond donors (Lipinski definition) is 2.